The van der Waals surface area contributed by atoms with Crippen LogP contribution >= 0.6 is 0 Å². The van der Waals surface area contributed by atoms with Gasteiger partial charge in [0.1, 0.15) is 23.0 Å². The molecule has 0 saturated carbocycles. The highest BCUT2D eigenvalue weighted by Crippen LogP contribution is 2.51. The molecule has 44 heavy (non-hydrogen) atoms. The standard InChI is InChI=1S/C31H32FN5O6S/c1-5-44(39,40)30-34-27-24-17(2)23-21(32)7-6-18-12-19(43-16-41-4)13-20(25(18)23)28(24)37-22(8-9-33-37)26(27)29(35-30)36-10-11-42-15-31(3,38)14-36/h6-9,12-13,17,38H,5,10-11,14-16H2,1-4H3/t17?,31-/m0/s1. The van der Waals surface area contributed by atoms with Crippen LogP contribution in [-0.2, 0) is 19.3 Å². The number of ether oxygens (including phenoxy) is 3. The van der Waals surface area contributed by atoms with Gasteiger partial charge in [-0.25, -0.2) is 27.3 Å². The van der Waals surface area contributed by atoms with E-state index in [1.165, 1.54) is 13.2 Å². The van der Waals surface area contributed by atoms with Crippen LogP contribution < -0.4 is 9.64 Å². The first-order chi connectivity index (χ1) is 21.0. The number of halogens is 1. The molecule has 1 unspecified atom stereocenters. The number of benzene rings is 2. The summed E-state index contributed by atoms with van der Waals surface area (Å²) in [5.41, 5.74) is 2.24. The smallest absolute Gasteiger partial charge is 0.249 e. The fraction of sp³-hybridized carbons (Fsp3) is 0.387. The molecule has 1 saturated heterocycles. The Bertz CT molecular complexity index is 2080. The van der Waals surface area contributed by atoms with Crippen LogP contribution in [0.5, 0.6) is 5.75 Å². The van der Waals surface area contributed by atoms with Crippen LogP contribution in [0.2, 0.25) is 0 Å². The minimum Gasteiger partial charge on any atom is -0.468 e. The number of aliphatic hydroxyl groups is 1. The van der Waals surface area contributed by atoms with Crippen LogP contribution in [0.3, 0.4) is 0 Å². The zero-order valence-electron chi connectivity index (χ0n) is 24.8. The lowest BCUT2D eigenvalue weighted by Gasteiger charge is -2.32. The topological polar surface area (TPSA) is 128 Å². The second-order valence-corrected chi connectivity index (χ2v) is 13.8. The van der Waals surface area contributed by atoms with Crippen LogP contribution in [-0.4, -0.2) is 84.7 Å². The van der Waals surface area contributed by atoms with Gasteiger partial charge in [-0.3, -0.25) is 0 Å². The van der Waals surface area contributed by atoms with E-state index in [2.05, 4.69) is 4.98 Å². The third kappa shape index (κ3) is 4.40. The molecule has 230 valence electrons. The molecule has 2 atom stereocenters. The van der Waals surface area contributed by atoms with Gasteiger partial charge in [-0.2, -0.15) is 5.10 Å². The fourth-order valence-electron chi connectivity index (χ4n) is 6.51. The number of nitrogens with zero attached hydrogens (tertiary/aromatic N) is 5. The predicted molar refractivity (Wildman–Crippen MR) is 163 cm³/mol. The molecule has 5 aromatic rings. The van der Waals surface area contributed by atoms with Gasteiger partial charge in [0.25, 0.3) is 0 Å². The quantitative estimate of drug-likeness (QED) is 0.219. The molecule has 2 aliphatic rings. The summed E-state index contributed by atoms with van der Waals surface area (Å²) in [5, 5.41) is 17.5. The fourth-order valence-corrected chi connectivity index (χ4v) is 7.23. The van der Waals surface area contributed by atoms with Crippen molar-refractivity contribution in [2.45, 2.75) is 37.4 Å². The van der Waals surface area contributed by atoms with Crippen molar-refractivity contribution >= 4 is 42.8 Å². The van der Waals surface area contributed by atoms with E-state index in [1.54, 1.807) is 30.6 Å². The molecule has 0 bridgehead atoms. The van der Waals surface area contributed by atoms with E-state index in [1.807, 2.05) is 30.0 Å². The van der Waals surface area contributed by atoms with E-state index in [0.717, 1.165) is 10.8 Å². The van der Waals surface area contributed by atoms with Crippen molar-refractivity contribution in [2.75, 3.05) is 50.9 Å². The summed E-state index contributed by atoms with van der Waals surface area (Å²) in [4.78, 5) is 11.2. The predicted octanol–water partition coefficient (Wildman–Crippen LogP) is 4.07. The second-order valence-electron chi connectivity index (χ2n) is 11.6. The number of hydrogen-bond donors (Lipinski definition) is 1. The molecule has 2 aromatic carbocycles. The van der Waals surface area contributed by atoms with Gasteiger partial charge in [0.15, 0.2) is 6.79 Å². The summed E-state index contributed by atoms with van der Waals surface area (Å²) in [6.45, 7) is 6.05. The van der Waals surface area contributed by atoms with Gasteiger partial charge >= 0.3 is 0 Å². The van der Waals surface area contributed by atoms with Crippen LogP contribution in [0.25, 0.3) is 38.4 Å². The number of β-amino-alcohol motifs (C(OH)–C–C–N with tert-alkyl or cyclic N) is 1. The molecule has 0 amide bonds. The summed E-state index contributed by atoms with van der Waals surface area (Å²) in [6, 6.07) is 8.65. The van der Waals surface area contributed by atoms with Crippen molar-refractivity contribution in [3.8, 4) is 17.0 Å². The third-order valence-corrected chi connectivity index (χ3v) is 9.94. The minimum absolute atomic E-state index is 0.0231. The highest BCUT2D eigenvalue weighted by atomic mass is 32.2. The molecule has 13 heteroatoms. The van der Waals surface area contributed by atoms with E-state index in [-0.39, 0.29) is 36.7 Å². The molecule has 1 fully saturated rings. The molecule has 7 rings (SSSR count). The Kier molecular flexibility index (Phi) is 6.77. The van der Waals surface area contributed by atoms with Crippen LogP contribution in [0.1, 0.15) is 37.8 Å². The Morgan fingerprint density at radius 1 is 1.18 bits per heavy atom. The van der Waals surface area contributed by atoms with Crippen LogP contribution in [0, 0.1) is 5.82 Å². The molecule has 0 spiro atoms. The first-order valence-corrected chi connectivity index (χ1v) is 16.1. The number of sulfone groups is 1. The average molecular weight is 622 g/mol. The molecular weight excluding hydrogens is 589 g/mol. The van der Waals surface area contributed by atoms with E-state index in [0.29, 0.717) is 63.5 Å². The first kappa shape index (κ1) is 28.8. The summed E-state index contributed by atoms with van der Waals surface area (Å²) in [5.74, 6) is -0.249. The van der Waals surface area contributed by atoms with Crippen molar-refractivity contribution in [3.05, 3.63) is 53.5 Å². The SMILES string of the molecule is CCS(=O)(=O)c1nc(N2CCOC[C@@](C)(O)C2)c2c(n1)c1c(n3nccc23)-c2cc(OCOC)cc3ccc(F)c(c23)C1C. The highest BCUT2D eigenvalue weighted by Gasteiger charge is 2.36. The third-order valence-electron chi connectivity index (χ3n) is 8.44. The van der Waals surface area contributed by atoms with Gasteiger partial charge in [0.2, 0.25) is 15.0 Å². The van der Waals surface area contributed by atoms with Crippen LogP contribution in [0.15, 0.2) is 41.7 Å². The lowest BCUT2D eigenvalue weighted by atomic mass is 9.78. The van der Waals surface area contributed by atoms with Gasteiger partial charge in [-0.15, -0.1) is 0 Å². The maximum absolute atomic E-state index is 15.8. The van der Waals surface area contributed by atoms with E-state index < -0.39 is 21.4 Å². The van der Waals surface area contributed by atoms with Crippen molar-refractivity contribution in [3.63, 3.8) is 0 Å². The molecule has 3 aromatic heterocycles. The van der Waals surface area contributed by atoms with Gasteiger partial charge in [0, 0.05) is 36.3 Å². The molecular formula is C31H32FN5O6S. The molecule has 11 nitrogen and oxygen atoms in total. The summed E-state index contributed by atoms with van der Waals surface area (Å²) >= 11 is 0. The van der Waals surface area contributed by atoms with Crippen molar-refractivity contribution in [1.82, 2.24) is 19.6 Å². The minimum atomic E-state index is -3.87. The average Bonchev–Trinajstić information content (AvgIpc) is 3.41. The van der Waals surface area contributed by atoms with Gasteiger partial charge in [-0.05, 0) is 42.0 Å². The Labute approximate surface area is 253 Å². The second kappa shape index (κ2) is 10.3. The molecule has 0 radical (unpaired) electrons. The summed E-state index contributed by atoms with van der Waals surface area (Å²) in [6.07, 6.45) is 1.66. The number of anilines is 1. The monoisotopic (exact) mass is 621 g/mol. The molecule has 1 aliphatic carbocycles. The number of rotatable bonds is 6. The molecule has 1 aliphatic heterocycles. The maximum Gasteiger partial charge on any atom is 0.249 e. The zero-order chi connectivity index (χ0) is 31.0. The number of aromatic nitrogens is 4. The normalized spacial score (nSPS) is 20.3. The van der Waals surface area contributed by atoms with Gasteiger partial charge in [0.05, 0.1) is 53.8 Å². The van der Waals surface area contributed by atoms with E-state index in [4.69, 9.17) is 24.3 Å². The maximum atomic E-state index is 15.8. The number of fused-ring (bicyclic) bond motifs is 7. The lowest BCUT2D eigenvalue weighted by Crippen LogP contribution is -2.42. The Balaban J connectivity index is 1.65. The van der Waals surface area contributed by atoms with Crippen LogP contribution in [0.4, 0.5) is 10.2 Å². The molecule has 4 heterocycles. The molecule has 1 N–H and O–H groups in total. The number of hydrogen-bond acceptors (Lipinski definition) is 10. The van der Waals surface area contributed by atoms with Crippen molar-refractivity contribution in [2.24, 2.45) is 0 Å². The lowest BCUT2D eigenvalue weighted by molar-refractivity contribution is -0.0123. The van der Waals surface area contributed by atoms with E-state index in [9.17, 15) is 13.5 Å². The van der Waals surface area contributed by atoms with E-state index >= 15 is 4.39 Å². The summed E-state index contributed by atoms with van der Waals surface area (Å²) < 4.78 is 61.0. The Hall–Kier alpha value is -3.91. The first-order valence-electron chi connectivity index (χ1n) is 14.4. The van der Waals surface area contributed by atoms with Gasteiger partial charge < -0.3 is 24.2 Å². The number of methoxy groups -OCH3 is 1. The van der Waals surface area contributed by atoms with Gasteiger partial charge in [-0.1, -0.05) is 19.9 Å². The highest BCUT2D eigenvalue weighted by molar-refractivity contribution is 7.91. The zero-order valence-corrected chi connectivity index (χ0v) is 25.6. The summed E-state index contributed by atoms with van der Waals surface area (Å²) in [7, 11) is -2.34. The Morgan fingerprint density at radius 2 is 2.00 bits per heavy atom. The van der Waals surface area contributed by atoms with Crippen molar-refractivity contribution in [1.29, 1.82) is 0 Å². The van der Waals surface area contributed by atoms with Crippen molar-refractivity contribution < 1.29 is 32.1 Å². The largest absolute Gasteiger partial charge is 0.468 e. The Morgan fingerprint density at radius 3 is 2.77 bits per heavy atom. The number of pyridine rings is 1.